The van der Waals surface area contributed by atoms with Crippen LogP contribution in [0.2, 0.25) is 0 Å². The van der Waals surface area contributed by atoms with Gasteiger partial charge in [0.15, 0.2) is 5.69 Å². The molecule has 0 saturated heterocycles. The second-order valence-corrected chi connectivity index (χ2v) is 5.31. The first kappa shape index (κ1) is 12.5. The Hall–Kier alpha value is -1.53. The lowest BCUT2D eigenvalue weighted by Crippen LogP contribution is -2.17. The lowest BCUT2D eigenvalue weighted by atomic mass is 10.1. The van der Waals surface area contributed by atoms with Crippen LogP contribution >= 0.6 is 0 Å². The Morgan fingerprint density at radius 2 is 1.95 bits per heavy atom. The summed E-state index contributed by atoms with van der Waals surface area (Å²) in [6.45, 7) is 0.275. The number of carboxylic acids is 1. The van der Waals surface area contributed by atoms with Gasteiger partial charge in [0.05, 0.1) is 5.69 Å². The number of aromatic nitrogens is 2. The van der Waals surface area contributed by atoms with Crippen molar-refractivity contribution >= 4 is 5.97 Å². The Labute approximate surface area is 107 Å². The Morgan fingerprint density at radius 3 is 2.37 bits per heavy atom. The monoisotopic (exact) mass is 274 g/mol. The van der Waals surface area contributed by atoms with Gasteiger partial charge in [0.1, 0.15) is 5.56 Å². The summed E-state index contributed by atoms with van der Waals surface area (Å²) in [6, 6.07) is 0. The van der Waals surface area contributed by atoms with Crippen LogP contribution in [0.25, 0.3) is 0 Å². The van der Waals surface area contributed by atoms with Gasteiger partial charge in [-0.15, -0.1) is 0 Å². The van der Waals surface area contributed by atoms with Gasteiger partial charge >= 0.3 is 12.1 Å². The Balaban J connectivity index is 2.11. The van der Waals surface area contributed by atoms with Crippen molar-refractivity contribution in [1.82, 2.24) is 9.78 Å². The van der Waals surface area contributed by atoms with E-state index >= 15 is 0 Å². The molecule has 19 heavy (non-hydrogen) atoms. The minimum Gasteiger partial charge on any atom is -0.477 e. The first-order chi connectivity index (χ1) is 8.88. The molecule has 0 radical (unpaired) electrons. The molecular weight excluding hydrogens is 261 g/mol. The number of carbonyl (C=O) groups is 1. The molecular formula is C12H13F3N2O2. The van der Waals surface area contributed by atoms with Crippen LogP contribution in [-0.4, -0.2) is 20.9 Å². The number of carboxylic acid groups (broad SMARTS) is 1. The topological polar surface area (TPSA) is 55.1 Å². The Bertz CT molecular complexity index is 528. The molecule has 2 fully saturated rings. The van der Waals surface area contributed by atoms with E-state index in [0.717, 1.165) is 17.5 Å². The van der Waals surface area contributed by atoms with E-state index in [0.29, 0.717) is 12.8 Å². The summed E-state index contributed by atoms with van der Waals surface area (Å²) in [7, 11) is 0. The van der Waals surface area contributed by atoms with E-state index < -0.39 is 23.4 Å². The first-order valence-electron chi connectivity index (χ1n) is 6.29. The quantitative estimate of drug-likeness (QED) is 0.918. The van der Waals surface area contributed by atoms with Crippen molar-refractivity contribution in [2.45, 2.75) is 44.3 Å². The normalized spacial score (nSPS) is 19.7. The summed E-state index contributed by atoms with van der Waals surface area (Å²) in [6.07, 6.45) is -1.49. The number of aromatic carboxylic acids is 1. The van der Waals surface area contributed by atoms with E-state index in [-0.39, 0.29) is 24.1 Å². The lowest BCUT2D eigenvalue weighted by Gasteiger charge is -2.08. The smallest absolute Gasteiger partial charge is 0.420 e. The highest BCUT2D eigenvalue weighted by atomic mass is 19.4. The molecule has 2 aliphatic rings. The number of halogens is 3. The molecule has 2 aliphatic carbocycles. The van der Waals surface area contributed by atoms with Crippen LogP contribution < -0.4 is 0 Å². The van der Waals surface area contributed by atoms with Crippen molar-refractivity contribution in [3.05, 3.63) is 17.0 Å². The molecule has 0 spiro atoms. The fraction of sp³-hybridized carbons (Fsp3) is 0.667. The fourth-order valence-corrected chi connectivity index (χ4v) is 2.30. The highest BCUT2D eigenvalue weighted by Gasteiger charge is 2.46. The Morgan fingerprint density at radius 1 is 1.32 bits per heavy atom. The highest BCUT2D eigenvalue weighted by Crippen LogP contribution is 2.47. The molecule has 4 nitrogen and oxygen atoms in total. The zero-order chi connectivity index (χ0) is 13.8. The third-order valence-corrected chi connectivity index (χ3v) is 3.56. The molecule has 0 aromatic carbocycles. The molecule has 1 aromatic heterocycles. The van der Waals surface area contributed by atoms with Crippen LogP contribution in [0.4, 0.5) is 13.2 Å². The van der Waals surface area contributed by atoms with Gasteiger partial charge < -0.3 is 5.11 Å². The molecule has 104 valence electrons. The van der Waals surface area contributed by atoms with Crippen LogP contribution in [0.1, 0.15) is 53.3 Å². The standard InChI is InChI=1S/C12H13F3N2O2/c13-12(14,15)8-9(7-3-4-7)16-17(5-6-1-2-6)10(8)11(18)19/h6-7H,1-5H2,(H,18,19). The average Bonchev–Trinajstić information content (AvgIpc) is 3.14. The first-order valence-corrected chi connectivity index (χ1v) is 6.29. The Kier molecular flexibility index (Phi) is 2.62. The van der Waals surface area contributed by atoms with Crippen molar-refractivity contribution in [2.24, 2.45) is 5.92 Å². The average molecular weight is 274 g/mol. The van der Waals surface area contributed by atoms with Crippen LogP contribution in [0.15, 0.2) is 0 Å². The largest absolute Gasteiger partial charge is 0.477 e. The molecule has 7 heteroatoms. The van der Waals surface area contributed by atoms with Gasteiger partial charge in [0, 0.05) is 12.5 Å². The van der Waals surface area contributed by atoms with E-state index in [1.54, 1.807) is 0 Å². The van der Waals surface area contributed by atoms with Crippen LogP contribution in [0.3, 0.4) is 0 Å². The molecule has 3 rings (SSSR count). The molecule has 0 amide bonds. The number of rotatable bonds is 4. The maximum absolute atomic E-state index is 13.1. The molecule has 1 N–H and O–H groups in total. The predicted octanol–water partition coefficient (Wildman–Crippen LogP) is 2.89. The molecule has 0 aliphatic heterocycles. The van der Waals surface area contributed by atoms with E-state index in [9.17, 15) is 18.0 Å². The highest BCUT2D eigenvalue weighted by molar-refractivity contribution is 5.88. The van der Waals surface area contributed by atoms with E-state index in [1.807, 2.05) is 0 Å². The minimum absolute atomic E-state index is 0.0782. The van der Waals surface area contributed by atoms with Gasteiger partial charge in [-0.25, -0.2) is 4.79 Å². The summed E-state index contributed by atoms with van der Waals surface area (Å²) in [5.74, 6) is -1.51. The van der Waals surface area contributed by atoms with Crippen LogP contribution in [-0.2, 0) is 12.7 Å². The second kappa shape index (κ2) is 3.98. The number of nitrogens with zero attached hydrogens (tertiary/aromatic N) is 2. The SMILES string of the molecule is O=C(O)c1c(C(F)(F)F)c(C2CC2)nn1CC1CC1. The molecule has 2 saturated carbocycles. The van der Waals surface area contributed by atoms with Gasteiger partial charge in [-0.2, -0.15) is 18.3 Å². The van der Waals surface area contributed by atoms with Gasteiger partial charge in [-0.05, 0) is 31.6 Å². The van der Waals surface area contributed by atoms with E-state index in [1.165, 1.54) is 0 Å². The second-order valence-electron chi connectivity index (χ2n) is 5.31. The summed E-state index contributed by atoms with van der Waals surface area (Å²) in [5.41, 5.74) is -1.81. The molecule has 0 bridgehead atoms. The number of hydrogen-bond acceptors (Lipinski definition) is 2. The third kappa shape index (κ3) is 2.33. The van der Waals surface area contributed by atoms with Gasteiger partial charge in [0.25, 0.3) is 0 Å². The molecule has 1 heterocycles. The van der Waals surface area contributed by atoms with Crippen molar-refractivity contribution in [3.8, 4) is 0 Å². The maximum atomic E-state index is 13.1. The number of alkyl halides is 3. The number of hydrogen-bond donors (Lipinski definition) is 1. The van der Waals surface area contributed by atoms with Gasteiger partial charge in [0.2, 0.25) is 0 Å². The van der Waals surface area contributed by atoms with E-state index in [2.05, 4.69) is 5.10 Å². The molecule has 1 aromatic rings. The minimum atomic E-state index is -4.66. The summed E-state index contributed by atoms with van der Waals surface area (Å²) in [5, 5.41) is 13.1. The van der Waals surface area contributed by atoms with Crippen molar-refractivity contribution in [2.75, 3.05) is 0 Å². The summed E-state index contributed by atoms with van der Waals surface area (Å²) >= 11 is 0. The summed E-state index contributed by atoms with van der Waals surface area (Å²) < 4.78 is 40.4. The third-order valence-electron chi connectivity index (χ3n) is 3.56. The fourth-order valence-electron chi connectivity index (χ4n) is 2.30. The van der Waals surface area contributed by atoms with E-state index in [4.69, 9.17) is 5.11 Å². The zero-order valence-electron chi connectivity index (χ0n) is 10.1. The maximum Gasteiger partial charge on any atom is 0.420 e. The van der Waals surface area contributed by atoms with Crippen LogP contribution in [0.5, 0.6) is 0 Å². The zero-order valence-corrected chi connectivity index (χ0v) is 10.1. The van der Waals surface area contributed by atoms with Crippen LogP contribution in [0, 0.1) is 5.92 Å². The van der Waals surface area contributed by atoms with Crippen molar-refractivity contribution in [1.29, 1.82) is 0 Å². The van der Waals surface area contributed by atoms with Crippen molar-refractivity contribution in [3.63, 3.8) is 0 Å². The molecule has 0 unspecified atom stereocenters. The van der Waals surface area contributed by atoms with Crippen molar-refractivity contribution < 1.29 is 23.1 Å². The van der Waals surface area contributed by atoms with Gasteiger partial charge in [-0.3, -0.25) is 4.68 Å². The lowest BCUT2D eigenvalue weighted by molar-refractivity contribution is -0.138. The summed E-state index contributed by atoms with van der Waals surface area (Å²) in [4.78, 5) is 11.2. The molecule has 0 atom stereocenters. The van der Waals surface area contributed by atoms with Gasteiger partial charge in [-0.1, -0.05) is 0 Å². The predicted molar refractivity (Wildman–Crippen MR) is 58.9 cm³/mol.